The van der Waals surface area contributed by atoms with Gasteiger partial charge in [-0.2, -0.15) is 0 Å². The van der Waals surface area contributed by atoms with Gasteiger partial charge in [-0.1, -0.05) is 54.6 Å². The lowest BCUT2D eigenvalue weighted by Gasteiger charge is -2.12. The van der Waals surface area contributed by atoms with Crippen LogP contribution >= 0.6 is 0 Å². The van der Waals surface area contributed by atoms with Gasteiger partial charge in [0.25, 0.3) is 11.8 Å². The minimum atomic E-state index is -0.586. The Morgan fingerprint density at radius 2 is 1.43 bits per heavy atom. The molecule has 3 aromatic carbocycles. The van der Waals surface area contributed by atoms with E-state index in [1.165, 1.54) is 18.2 Å². The summed E-state index contributed by atoms with van der Waals surface area (Å²) in [5.41, 5.74) is 6.55. The van der Waals surface area contributed by atoms with Gasteiger partial charge in [0.05, 0.1) is 0 Å². The number of carbonyl (C=O) groups excluding carboxylic acids is 2. The van der Waals surface area contributed by atoms with E-state index in [4.69, 9.17) is 9.47 Å². The van der Waals surface area contributed by atoms with E-state index in [0.29, 0.717) is 12.2 Å². The van der Waals surface area contributed by atoms with Crippen molar-refractivity contribution in [1.29, 1.82) is 0 Å². The van der Waals surface area contributed by atoms with Crippen molar-refractivity contribution in [3.05, 3.63) is 95.8 Å². The highest BCUT2D eigenvalue weighted by molar-refractivity contribution is 5.83. The Morgan fingerprint density at radius 1 is 0.767 bits per heavy atom. The predicted molar refractivity (Wildman–Crippen MR) is 109 cm³/mol. The fraction of sp³-hybridized carbons (Fsp3) is 0.130. The van der Waals surface area contributed by atoms with Crippen molar-refractivity contribution >= 4 is 11.8 Å². The second-order valence-corrected chi connectivity index (χ2v) is 6.40. The monoisotopic (exact) mass is 408 g/mol. The number of benzene rings is 3. The lowest BCUT2D eigenvalue weighted by atomic mass is 10.0. The number of amides is 2. The van der Waals surface area contributed by atoms with E-state index in [9.17, 15) is 14.0 Å². The number of halogens is 1. The molecule has 0 aromatic heterocycles. The number of carbonyl (C=O) groups is 2. The van der Waals surface area contributed by atoms with Crippen molar-refractivity contribution in [1.82, 2.24) is 10.9 Å². The van der Waals surface area contributed by atoms with Crippen molar-refractivity contribution in [3.63, 3.8) is 0 Å². The molecule has 0 bridgehead atoms. The SMILES string of the molecule is O=C(COc1cccc(F)c1)NNC(=O)COc1ccccc1Cc1ccccc1. The highest BCUT2D eigenvalue weighted by atomic mass is 19.1. The molecule has 0 heterocycles. The van der Waals surface area contributed by atoms with Crippen LogP contribution in [0.3, 0.4) is 0 Å². The van der Waals surface area contributed by atoms with E-state index in [2.05, 4.69) is 10.9 Å². The molecule has 0 atom stereocenters. The van der Waals surface area contributed by atoms with Crippen LogP contribution in [-0.4, -0.2) is 25.0 Å². The lowest BCUT2D eigenvalue weighted by Crippen LogP contribution is -2.45. The first kappa shape index (κ1) is 20.9. The van der Waals surface area contributed by atoms with Crippen LogP contribution in [0, 0.1) is 5.82 Å². The van der Waals surface area contributed by atoms with Gasteiger partial charge in [0.1, 0.15) is 17.3 Å². The smallest absolute Gasteiger partial charge is 0.276 e. The zero-order chi connectivity index (χ0) is 21.2. The Balaban J connectivity index is 1.43. The molecule has 0 aliphatic carbocycles. The molecule has 3 rings (SSSR count). The van der Waals surface area contributed by atoms with Crippen LogP contribution in [0.5, 0.6) is 11.5 Å². The second kappa shape index (κ2) is 10.6. The number of para-hydroxylation sites is 1. The van der Waals surface area contributed by atoms with Crippen LogP contribution in [0.2, 0.25) is 0 Å². The molecule has 0 unspecified atom stereocenters. The molecule has 6 nitrogen and oxygen atoms in total. The van der Waals surface area contributed by atoms with Crippen LogP contribution in [0.4, 0.5) is 4.39 Å². The average Bonchev–Trinajstić information content (AvgIpc) is 2.76. The van der Waals surface area contributed by atoms with Gasteiger partial charge in [-0.15, -0.1) is 0 Å². The van der Waals surface area contributed by atoms with E-state index in [1.54, 1.807) is 6.07 Å². The molecule has 0 fully saturated rings. The van der Waals surface area contributed by atoms with Crippen molar-refractivity contribution in [2.45, 2.75) is 6.42 Å². The summed E-state index contributed by atoms with van der Waals surface area (Å²) in [6.07, 6.45) is 0.673. The first-order valence-electron chi connectivity index (χ1n) is 9.31. The van der Waals surface area contributed by atoms with Gasteiger partial charge in [-0.05, 0) is 29.3 Å². The third kappa shape index (κ3) is 6.63. The second-order valence-electron chi connectivity index (χ2n) is 6.40. The number of ether oxygens (including phenoxy) is 2. The zero-order valence-corrected chi connectivity index (χ0v) is 16.1. The topological polar surface area (TPSA) is 76.7 Å². The fourth-order valence-electron chi connectivity index (χ4n) is 2.67. The molecule has 0 radical (unpaired) electrons. The minimum absolute atomic E-state index is 0.217. The van der Waals surface area contributed by atoms with Crippen LogP contribution in [0.15, 0.2) is 78.9 Å². The Labute approximate surface area is 173 Å². The molecule has 2 amide bonds. The van der Waals surface area contributed by atoms with Crippen LogP contribution < -0.4 is 20.3 Å². The number of hydrazine groups is 1. The summed E-state index contributed by atoms with van der Waals surface area (Å²) in [6, 6.07) is 22.8. The number of rotatable bonds is 8. The van der Waals surface area contributed by atoms with Crippen molar-refractivity contribution in [3.8, 4) is 11.5 Å². The third-order valence-corrected chi connectivity index (χ3v) is 4.08. The normalized spacial score (nSPS) is 10.2. The summed E-state index contributed by atoms with van der Waals surface area (Å²) in [4.78, 5) is 23.7. The first-order chi connectivity index (χ1) is 14.6. The standard InChI is InChI=1S/C23H21FN2O4/c24-19-10-6-11-20(14-19)29-15-22(27)25-26-23(28)16-30-21-12-5-4-9-18(21)13-17-7-2-1-3-8-17/h1-12,14H,13,15-16H2,(H,25,27)(H,26,28). The van der Waals surface area contributed by atoms with E-state index < -0.39 is 17.6 Å². The van der Waals surface area contributed by atoms with Gasteiger partial charge < -0.3 is 9.47 Å². The summed E-state index contributed by atoms with van der Waals surface area (Å²) in [7, 11) is 0. The number of nitrogens with one attached hydrogen (secondary N) is 2. The molecule has 0 saturated carbocycles. The Bertz CT molecular complexity index is 995. The molecule has 0 aliphatic rings. The zero-order valence-electron chi connectivity index (χ0n) is 16.1. The maximum Gasteiger partial charge on any atom is 0.276 e. The molecule has 30 heavy (non-hydrogen) atoms. The lowest BCUT2D eigenvalue weighted by molar-refractivity contribution is -0.131. The fourth-order valence-corrected chi connectivity index (χ4v) is 2.67. The molecule has 7 heteroatoms. The largest absolute Gasteiger partial charge is 0.484 e. The molecule has 2 N–H and O–H groups in total. The summed E-state index contributed by atoms with van der Waals surface area (Å²) < 4.78 is 23.8. The van der Waals surface area contributed by atoms with E-state index in [0.717, 1.165) is 17.2 Å². The Hall–Kier alpha value is -3.87. The average molecular weight is 408 g/mol. The maximum atomic E-state index is 13.1. The first-order valence-corrected chi connectivity index (χ1v) is 9.31. The molecular formula is C23H21FN2O4. The maximum absolute atomic E-state index is 13.1. The van der Waals surface area contributed by atoms with Crippen molar-refractivity contribution in [2.24, 2.45) is 0 Å². The Kier molecular flexibility index (Phi) is 7.38. The molecule has 0 aliphatic heterocycles. The van der Waals surface area contributed by atoms with Crippen molar-refractivity contribution < 1.29 is 23.5 Å². The van der Waals surface area contributed by atoms with Gasteiger partial charge in [-0.3, -0.25) is 20.4 Å². The molecule has 3 aromatic rings. The summed E-state index contributed by atoms with van der Waals surface area (Å²) in [6.45, 7) is -0.638. The van der Waals surface area contributed by atoms with Crippen LogP contribution in [-0.2, 0) is 16.0 Å². The molecule has 0 saturated heterocycles. The van der Waals surface area contributed by atoms with Gasteiger partial charge in [0, 0.05) is 12.5 Å². The predicted octanol–water partition coefficient (Wildman–Crippen LogP) is 3.02. The van der Waals surface area contributed by atoms with Crippen LogP contribution in [0.1, 0.15) is 11.1 Å². The molecule has 0 spiro atoms. The van der Waals surface area contributed by atoms with Gasteiger partial charge in [0.2, 0.25) is 0 Å². The summed E-state index contributed by atoms with van der Waals surface area (Å²) >= 11 is 0. The summed E-state index contributed by atoms with van der Waals surface area (Å²) in [5, 5.41) is 0. The minimum Gasteiger partial charge on any atom is -0.484 e. The Morgan fingerprint density at radius 3 is 2.17 bits per heavy atom. The summed E-state index contributed by atoms with van der Waals surface area (Å²) in [5.74, 6) is -0.765. The molecular weight excluding hydrogens is 387 g/mol. The third-order valence-electron chi connectivity index (χ3n) is 4.08. The number of hydrogen-bond acceptors (Lipinski definition) is 4. The van der Waals surface area contributed by atoms with Crippen molar-refractivity contribution in [2.75, 3.05) is 13.2 Å². The van der Waals surface area contributed by atoms with Gasteiger partial charge in [-0.25, -0.2) is 4.39 Å². The van der Waals surface area contributed by atoms with E-state index in [-0.39, 0.29) is 19.0 Å². The number of hydrogen-bond donors (Lipinski definition) is 2. The van der Waals surface area contributed by atoms with Gasteiger partial charge >= 0.3 is 0 Å². The van der Waals surface area contributed by atoms with E-state index >= 15 is 0 Å². The van der Waals surface area contributed by atoms with E-state index in [1.807, 2.05) is 48.5 Å². The molecule has 154 valence electrons. The van der Waals surface area contributed by atoms with Crippen LogP contribution in [0.25, 0.3) is 0 Å². The van der Waals surface area contributed by atoms with Gasteiger partial charge in [0.15, 0.2) is 13.2 Å². The highest BCUT2D eigenvalue weighted by Gasteiger charge is 2.09. The quantitative estimate of drug-likeness (QED) is 0.562. The highest BCUT2D eigenvalue weighted by Crippen LogP contribution is 2.21.